The molecule has 2 aromatic rings. The zero-order chi connectivity index (χ0) is 22.8. The van der Waals surface area contributed by atoms with Crippen LogP contribution in [0.2, 0.25) is 5.02 Å². The number of thioether (sulfide) groups is 1. The van der Waals surface area contributed by atoms with Crippen molar-refractivity contribution in [1.29, 1.82) is 0 Å². The van der Waals surface area contributed by atoms with Gasteiger partial charge in [0.05, 0.1) is 5.75 Å². The fraction of sp³-hybridized carbons (Fsp3) is 0.440. The van der Waals surface area contributed by atoms with Crippen LogP contribution in [0.4, 0.5) is 0 Å². The van der Waals surface area contributed by atoms with E-state index in [1.54, 1.807) is 29.7 Å². The van der Waals surface area contributed by atoms with E-state index in [1.165, 1.54) is 16.7 Å². The minimum Gasteiger partial charge on any atom is -0.354 e. The Balaban J connectivity index is 2.07. The molecule has 2 rings (SSSR count). The first kappa shape index (κ1) is 25.3. The molecule has 1 N–H and O–H groups in total. The number of unbranched alkanes of at least 4 members (excludes halogenated alkanes) is 1. The number of hydrogen-bond acceptors (Lipinski definition) is 3. The van der Waals surface area contributed by atoms with E-state index in [0.717, 1.165) is 24.2 Å². The molecule has 1 atom stereocenters. The quantitative estimate of drug-likeness (QED) is 0.449. The number of amides is 2. The fourth-order valence-corrected chi connectivity index (χ4v) is 4.46. The van der Waals surface area contributed by atoms with Crippen LogP contribution in [0.5, 0.6) is 0 Å². The summed E-state index contributed by atoms with van der Waals surface area (Å²) in [6.07, 6.45) is 1.93. The molecule has 0 saturated carbocycles. The van der Waals surface area contributed by atoms with Gasteiger partial charge in [0.1, 0.15) is 6.04 Å². The van der Waals surface area contributed by atoms with Gasteiger partial charge in [-0.05, 0) is 44.4 Å². The molecule has 0 aliphatic carbocycles. The van der Waals surface area contributed by atoms with Gasteiger partial charge in [-0.3, -0.25) is 9.59 Å². The molecule has 0 fully saturated rings. The summed E-state index contributed by atoms with van der Waals surface area (Å²) in [6.45, 7) is 8.95. The van der Waals surface area contributed by atoms with Crippen LogP contribution in [0.3, 0.4) is 0 Å². The number of halogens is 1. The van der Waals surface area contributed by atoms with Gasteiger partial charge in [-0.25, -0.2) is 0 Å². The lowest BCUT2D eigenvalue weighted by atomic mass is 10.1. The maximum atomic E-state index is 13.1. The van der Waals surface area contributed by atoms with Crippen LogP contribution >= 0.6 is 23.4 Å². The van der Waals surface area contributed by atoms with Gasteiger partial charge in [0.25, 0.3) is 0 Å². The van der Waals surface area contributed by atoms with Crippen LogP contribution in [0.1, 0.15) is 48.9 Å². The Kier molecular flexibility index (Phi) is 10.4. The molecule has 6 heteroatoms. The van der Waals surface area contributed by atoms with E-state index < -0.39 is 6.04 Å². The summed E-state index contributed by atoms with van der Waals surface area (Å²) in [6, 6.07) is 13.3. The van der Waals surface area contributed by atoms with Crippen LogP contribution < -0.4 is 5.32 Å². The molecule has 4 nitrogen and oxygen atoms in total. The minimum atomic E-state index is -0.567. The van der Waals surface area contributed by atoms with E-state index in [2.05, 4.69) is 44.3 Å². The average molecular weight is 461 g/mol. The number of rotatable bonds is 11. The van der Waals surface area contributed by atoms with Gasteiger partial charge in [0, 0.05) is 23.9 Å². The van der Waals surface area contributed by atoms with E-state index in [9.17, 15) is 9.59 Å². The predicted octanol–water partition coefficient (Wildman–Crippen LogP) is 5.52. The third-order valence-electron chi connectivity index (χ3n) is 5.07. The number of nitrogens with zero attached hydrogens (tertiary/aromatic N) is 1. The minimum absolute atomic E-state index is 0.0626. The second-order valence-electron chi connectivity index (χ2n) is 7.92. The monoisotopic (exact) mass is 460 g/mol. The number of carbonyl (C=O) groups is 2. The van der Waals surface area contributed by atoms with Gasteiger partial charge >= 0.3 is 0 Å². The summed E-state index contributed by atoms with van der Waals surface area (Å²) in [4.78, 5) is 27.4. The second kappa shape index (κ2) is 12.8. The highest BCUT2D eigenvalue weighted by Gasteiger charge is 2.26. The first-order valence-corrected chi connectivity index (χ1v) is 12.3. The van der Waals surface area contributed by atoms with Gasteiger partial charge in [0.15, 0.2) is 0 Å². The SMILES string of the molecule is CCCCNC(=O)[C@H](C)N(Cc1ccccc1Cl)C(=O)CSCc1cc(C)cc(C)c1. The van der Waals surface area contributed by atoms with Crippen molar-refractivity contribution in [2.45, 2.75) is 58.9 Å². The van der Waals surface area contributed by atoms with E-state index in [0.29, 0.717) is 23.9 Å². The molecule has 0 heterocycles. The summed E-state index contributed by atoms with van der Waals surface area (Å²) in [5, 5.41) is 3.54. The highest BCUT2D eigenvalue weighted by atomic mass is 35.5. The molecular weight excluding hydrogens is 428 g/mol. The number of aryl methyl sites for hydroxylation is 2. The summed E-state index contributed by atoms with van der Waals surface area (Å²) in [5.41, 5.74) is 4.49. The van der Waals surface area contributed by atoms with Gasteiger partial charge in [-0.2, -0.15) is 0 Å². The lowest BCUT2D eigenvalue weighted by Crippen LogP contribution is -2.48. The van der Waals surface area contributed by atoms with Gasteiger partial charge in [-0.1, -0.05) is 72.5 Å². The van der Waals surface area contributed by atoms with Crippen LogP contribution in [0, 0.1) is 13.8 Å². The molecule has 0 saturated heterocycles. The molecule has 0 unspecified atom stereocenters. The Morgan fingerprint density at radius 2 is 1.81 bits per heavy atom. The fourth-order valence-electron chi connectivity index (χ4n) is 3.42. The van der Waals surface area contributed by atoms with Crippen molar-refractivity contribution in [3.8, 4) is 0 Å². The normalized spacial score (nSPS) is 11.8. The van der Waals surface area contributed by atoms with Crippen LogP contribution in [0.25, 0.3) is 0 Å². The molecule has 0 spiro atoms. The lowest BCUT2D eigenvalue weighted by molar-refractivity contribution is -0.138. The number of carbonyl (C=O) groups excluding carboxylic acids is 2. The molecule has 2 amide bonds. The number of hydrogen-bond donors (Lipinski definition) is 1. The third-order valence-corrected chi connectivity index (χ3v) is 6.43. The van der Waals surface area contributed by atoms with Crippen molar-refractivity contribution < 1.29 is 9.59 Å². The van der Waals surface area contributed by atoms with E-state index in [-0.39, 0.29) is 11.8 Å². The Labute approximate surface area is 195 Å². The molecule has 0 aliphatic rings. The van der Waals surface area contributed by atoms with Crippen molar-refractivity contribution in [3.63, 3.8) is 0 Å². The highest BCUT2D eigenvalue weighted by molar-refractivity contribution is 7.99. The Morgan fingerprint density at radius 1 is 1.13 bits per heavy atom. The largest absolute Gasteiger partial charge is 0.354 e. The molecule has 31 heavy (non-hydrogen) atoms. The van der Waals surface area contributed by atoms with E-state index in [4.69, 9.17) is 11.6 Å². The Hall–Kier alpha value is -1.98. The maximum absolute atomic E-state index is 13.1. The second-order valence-corrected chi connectivity index (χ2v) is 9.32. The lowest BCUT2D eigenvalue weighted by Gasteiger charge is -2.29. The van der Waals surface area contributed by atoms with Crippen molar-refractivity contribution >= 4 is 35.2 Å². The first-order valence-electron chi connectivity index (χ1n) is 10.8. The predicted molar refractivity (Wildman–Crippen MR) is 131 cm³/mol. The summed E-state index contributed by atoms with van der Waals surface area (Å²) >= 11 is 7.90. The van der Waals surface area contributed by atoms with Crippen LogP contribution in [-0.4, -0.2) is 35.1 Å². The number of nitrogens with one attached hydrogen (secondary N) is 1. The highest BCUT2D eigenvalue weighted by Crippen LogP contribution is 2.21. The van der Waals surface area contributed by atoms with Crippen molar-refractivity contribution in [2.24, 2.45) is 0 Å². The molecule has 0 aromatic heterocycles. The van der Waals surface area contributed by atoms with Crippen molar-refractivity contribution in [1.82, 2.24) is 10.2 Å². The molecule has 0 radical (unpaired) electrons. The smallest absolute Gasteiger partial charge is 0.242 e. The third kappa shape index (κ3) is 8.23. The molecule has 168 valence electrons. The molecule has 0 aliphatic heterocycles. The Morgan fingerprint density at radius 3 is 2.45 bits per heavy atom. The zero-order valence-corrected chi connectivity index (χ0v) is 20.5. The number of benzene rings is 2. The standard InChI is InChI=1S/C25H33ClN2O2S/c1-5-6-11-27-25(30)20(4)28(15-22-9-7-8-10-23(22)26)24(29)17-31-16-21-13-18(2)12-19(3)14-21/h7-10,12-14,20H,5-6,11,15-17H2,1-4H3,(H,27,30)/t20-/m0/s1. The maximum Gasteiger partial charge on any atom is 0.242 e. The van der Waals surface area contributed by atoms with E-state index >= 15 is 0 Å². The van der Waals surface area contributed by atoms with Gasteiger partial charge in [0.2, 0.25) is 11.8 Å². The Bertz CT molecular complexity index is 867. The van der Waals surface area contributed by atoms with Crippen LogP contribution in [0.15, 0.2) is 42.5 Å². The summed E-state index contributed by atoms with van der Waals surface area (Å²) in [5.74, 6) is 0.871. The molecular formula is C25H33ClN2O2S. The molecule has 0 bridgehead atoms. The molecule has 2 aromatic carbocycles. The first-order chi connectivity index (χ1) is 14.8. The van der Waals surface area contributed by atoms with Gasteiger partial charge in [-0.15, -0.1) is 11.8 Å². The van der Waals surface area contributed by atoms with Crippen LogP contribution in [-0.2, 0) is 21.9 Å². The summed E-state index contributed by atoms with van der Waals surface area (Å²) < 4.78 is 0. The van der Waals surface area contributed by atoms with Crippen molar-refractivity contribution in [3.05, 3.63) is 69.7 Å². The van der Waals surface area contributed by atoms with E-state index in [1.807, 2.05) is 18.2 Å². The summed E-state index contributed by atoms with van der Waals surface area (Å²) in [7, 11) is 0. The van der Waals surface area contributed by atoms with Crippen molar-refractivity contribution in [2.75, 3.05) is 12.3 Å². The average Bonchev–Trinajstić information content (AvgIpc) is 2.72. The zero-order valence-electron chi connectivity index (χ0n) is 18.9. The topological polar surface area (TPSA) is 49.4 Å². The van der Waals surface area contributed by atoms with Gasteiger partial charge < -0.3 is 10.2 Å².